The third-order valence-electron chi connectivity index (χ3n) is 8.66. The maximum atomic E-state index is 15.8. The number of hydrogen-bond acceptors (Lipinski definition) is 6. The molecular formula is C32H31FN6O2S. The summed E-state index contributed by atoms with van der Waals surface area (Å²) in [6.07, 6.45) is 8.85. The number of aryl methyl sites for hydroxylation is 1. The summed E-state index contributed by atoms with van der Waals surface area (Å²) in [6.45, 7) is 3.00. The number of nitrogens with one attached hydrogen (secondary N) is 1. The van der Waals surface area contributed by atoms with Crippen LogP contribution in [0.1, 0.15) is 48.2 Å². The maximum Gasteiger partial charge on any atom is 0.262 e. The predicted octanol–water partition coefficient (Wildman–Crippen LogP) is 5.44. The van der Waals surface area contributed by atoms with E-state index < -0.39 is 23.3 Å². The minimum atomic E-state index is -1.06. The minimum absolute atomic E-state index is 0.0490. The predicted molar refractivity (Wildman–Crippen MR) is 163 cm³/mol. The lowest BCUT2D eigenvalue weighted by Crippen LogP contribution is -2.35. The zero-order valence-electron chi connectivity index (χ0n) is 23.3. The number of carbonyl (C=O) groups is 1. The number of pyridine rings is 1. The largest absolute Gasteiger partial charge is 0.334 e. The second-order valence-electron chi connectivity index (χ2n) is 11.3. The fourth-order valence-electron chi connectivity index (χ4n) is 6.38. The highest BCUT2D eigenvalue weighted by atomic mass is 32.1. The van der Waals surface area contributed by atoms with Crippen LogP contribution >= 0.6 is 11.3 Å². The molecule has 42 heavy (non-hydrogen) atoms. The number of amides is 1. The van der Waals surface area contributed by atoms with Crippen LogP contribution in [0.25, 0.3) is 21.9 Å². The first-order valence-electron chi connectivity index (χ1n) is 14.3. The van der Waals surface area contributed by atoms with Crippen molar-refractivity contribution in [3.05, 3.63) is 99.7 Å². The summed E-state index contributed by atoms with van der Waals surface area (Å²) < 4.78 is 19.1. The van der Waals surface area contributed by atoms with Gasteiger partial charge in [-0.3, -0.25) is 19.5 Å². The minimum Gasteiger partial charge on any atom is -0.334 e. The Balaban J connectivity index is 1.25. The van der Waals surface area contributed by atoms with Gasteiger partial charge in [-0.15, -0.1) is 11.3 Å². The summed E-state index contributed by atoms with van der Waals surface area (Å²) in [5, 5.41) is 5.43. The zero-order valence-corrected chi connectivity index (χ0v) is 24.1. The number of fused-ring (bicyclic) bond motifs is 2. The van der Waals surface area contributed by atoms with Gasteiger partial charge >= 0.3 is 0 Å². The fraction of sp³-hybridized carbons (Fsp3) is 0.312. The third kappa shape index (κ3) is 4.84. The Kier molecular flexibility index (Phi) is 6.95. The van der Waals surface area contributed by atoms with E-state index in [2.05, 4.69) is 39.4 Å². The molecule has 3 aromatic heterocycles. The lowest BCUT2D eigenvalue weighted by atomic mass is 9.88. The summed E-state index contributed by atoms with van der Waals surface area (Å²) >= 11 is 1.29. The fourth-order valence-corrected chi connectivity index (χ4v) is 6.91. The van der Waals surface area contributed by atoms with Crippen molar-refractivity contribution >= 4 is 33.1 Å². The second kappa shape index (κ2) is 10.9. The first-order chi connectivity index (χ1) is 20.5. The molecule has 5 aromatic rings. The molecule has 0 saturated carbocycles. The quantitative estimate of drug-likeness (QED) is 0.288. The van der Waals surface area contributed by atoms with Crippen LogP contribution in [0.2, 0.25) is 0 Å². The Bertz CT molecular complexity index is 1820. The van der Waals surface area contributed by atoms with Crippen molar-refractivity contribution in [2.45, 2.75) is 44.2 Å². The van der Waals surface area contributed by atoms with Crippen LogP contribution in [0.5, 0.6) is 0 Å². The molecule has 5 heterocycles. The molecular weight excluding hydrogens is 551 g/mol. The van der Waals surface area contributed by atoms with E-state index >= 15 is 4.39 Å². The van der Waals surface area contributed by atoms with Gasteiger partial charge < -0.3 is 9.47 Å². The lowest BCUT2D eigenvalue weighted by molar-refractivity contribution is -0.118. The topological polar surface area (TPSA) is 85.1 Å². The molecule has 1 N–H and O–H groups in total. The number of thiazole rings is 1. The van der Waals surface area contributed by atoms with Crippen molar-refractivity contribution in [2.75, 3.05) is 25.5 Å². The molecule has 0 radical (unpaired) electrons. The number of nitrogens with zero attached hydrogens (tertiary/aromatic N) is 5. The van der Waals surface area contributed by atoms with Gasteiger partial charge in [0.25, 0.3) is 11.5 Å². The van der Waals surface area contributed by atoms with E-state index in [0.29, 0.717) is 27.7 Å². The molecule has 7 rings (SSSR count). The molecule has 1 unspecified atom stereocenters. The number of hydrogen-bond donors (Lipinski definition) is 1. The van der Waals surface area contributed by atoms with Gasteiger partial charge in [-0.2, -0.15) is 0 Å². The zero-order chi connectivity index (χ0) is 28.8. The van der Waals surface area contributed by atoms with E-state index in [4.69, 9.17) is 0 Å². The Hall–Kier alpha value is -4.15. The molecule has 0 bridgehead atoms. The summed E-state index contributed by atoms with van der Waals surface area (Å²) in [6, 6.07) is 12.2. The number of piperidine rings is 1. The van der Waals surface area contributed by atoms with Crippen LogP contribution in [0.3, 0.4) is 0 Å². The Labute approximate surface area is 246 Å². The number of rotatable bonds is 6. The lowest BCUT2D eigenvalue weighted by Gasteiger charge is -2.29. The smallest absolute Gasteiger partial charge is 0.262 e. The van der Waals surface area contributed by atoms with Gasteiger partial charge in [0.1, 0.15) is 5.82 Å². The Morgan fingerprint density at radius 2 is 1.88 bits per heavy atom. The van der Waals surface area contributed by atoms with Crippen molar-refractivity contribution in [3.8, 4) is 11.1 Å². The Morgan fingerprint density at radius 1 is 1.07 bits per heavy atom. The number of benzene rings is 2. The number of likely N-dealkylation sites (tertiary alicyclic amines) is 1. The summed E-state index contributed by atoms with van der Waals surface area (Å²) in [4.78, 5) is 38.6. The van der Waals surface area contributed by atoms with Gasteiger partial charge in [-0.05, 0) is 92.0 Å². The highest BCUT2D eigenvalue weighted by Gasteiger charge is 2.32. The summed E-state index contributed by atoms with van der Waals surface area (Å²) in [7, 11) is 2.16. The molecule has 8 nitrogen and oxygen atoms in total. The first-order valence-corrected chi connectivity index (χ1v) is 15.2. The number of aromatic nitrogens is 4. The Morgan fingerprint density at radius 3 is 2.64 bits per heavy atom. The molecule has 10 heteroatoms. The number of halogens is 1. The van der Waals surface area contributed by atoms with Crippen molar-refractivity contribution in [1.82, 2.24) is 24.0 Å². The molecule has 1 fully saturated rings. The molecule has 1 saturated heterocycles. The van der Waals surface area contributed by atoms with E-state index in [1.165, 1.54) is 27.5 Å². The monoisotopic (exact) mass is 582 g/mol. The standard InChI is InChI=1S/C32H31FN6O2S/c1-37-13-8-22(9-14-37)20-4-6-21(7-5-20)24-17-23-10-15-39(31(41)27(23)25(33)18-24)29(30(40)36-32-34-11-16-42-32)28-26-3-2-12-38(26)19-35-28/h4-7,10-11,15-19,22,29H,2-3,8-9,12-14H2,1H3,(H,34,36,40). The van der Waals surface area contributed by atoms with Gasteiger partial charge in [0.05, 0.1) is 17.4 Å². The van der Waals surface area contributed by atoms with Gasteiger partial charge in [-0.25, -0.2) is 14.4 Å². The van der Waals surface area contributed by atoms with Crippen LogP contribution in [0.4, 0.5) is 9.52 Å². The van der Waals surface area contributed by atoms with Crippen LogP contribution in [-0.2, 0) is 17.8 Å². The normalized spacial score (nSPS) is 16.5. The van der Waals surface area contributed by atoms with Gasteiger partial charge in [0.2, 0.25) is 0 Å². The molecule has 1 amide bonds. The van der Waals surface area contributed by atoms with Crippen molar-refractivity contribution < 1.29 is 9.18 Å². The average molecular weight is 583 g/mol. The maximum absolute atomic E-state index is 15.8. The molecule has 2 aliphatic heterocycles. The number of imidazole rings is 1. The molecule has 2 aliphatic rings. The molecule has 214 valence electrons. The van der Waals surface area contributed by atoms with Gasteiger partial charge in [0, 0.05) is 30.0 Å². The number of carbonyl (C=O) groups excluding carboxylic acids is 1. The van der Waals surface area contributed by atoms with Crippen LogP contribution in [0.15, 0.2) is 71.4 Å². The van der Waals surface area contributed by atoms with Crippen LogP contribution in [0, 0.1) is 5.82 Å². The van der Waals surface area contributed by atoms with Gasteiger partial charge in [-0.1, -0.05) is 24.3 Å². The highest BCUT2D eigenvalue weighted by molar-refractivity contribution is 7.13. The van der Waals surface area contributed by atoms with Crippen LogP contribution < -0.4 is 10.9 Å². The second-order valence-corrected chi connectivity index (χ2v) is 12.1. The van der Waals surface area contributed by atoms with E-state index in [9.17, 15) is 9.59 Å². The third-order valence-corrected chi connectivity index (χ3v) is 9.35. The summed E-state index contributed by atoms with van der Waals surface area (Å²) in [5.74, 6) is -0.517. The first kappa shape index (κ1) is 26.7. The van der Waals surface area contributed by atoms with E-state index in [0.717, 1.165) is 56.6 Å². The molecule has 0 spiro atoms. The van der Waals surface area contributed by atoms with E-state index in [-0.39, 0.29) is 5.39 Å². The SMILES string of the molecule is CN1CCC(c2ccc(-c3cc(F)c4c(=O)n(C(C(=O)Nc5nccs5)c5ncn6c5CCC6)ccc4c3)cc2)CC1. The number of anilines is 1. The highest BCUT2D eigenvalue weighted by Crippen LogP contribution is 2.32. The average Bonchev–Trinajstić information content (AvgIpc) is 3.75. The van der Waals surface area contributed by atoms with Gasteiger partial charge in [0.15, 0.2) is 11.2 Å². The molecule has 1 atom stereocenters. The molecule has 2 aromatic carbocycles. The van der Waals surface area contributed by atoms with E-state index in [1.807, 2.05) is 22.8 Å². The van der Waals surface area contributed by atoms with Crippen molar-refractivity contribution in [2.24, 2.45) is 0 Å². The molecule has 0 aliphatic carbocycles. The van der Waals surface area contributed by atoms with Crippen molar-refractivity contribution in [1.29, 1.82) is 0 Å². The summed E-state index contributed by atoms with van der Waals surface area (Å²) in [5.41, 5.74) is 3.76. The van der Waals surface area contributed by atoms with Crippen molar-refractivity contribution in [3.63, 3.8) is 0 Å². The van der Waals surface area contributed by atoms with Crippen LogP contribution in [-0.4, -0.2) is 50.0 Å². The van der Waals surface area contributed by atoms with E-state index in [1.54, 1.807) is 30.2 Å².